The molecule has 3 rings (SSSR count). The highest BCUT2D eigenvalue weighted by atomic mass is 19.4. The van der Waals surface area contributed by atoms with Crippen LogP contribution in [-0.2, 0) is 6.18 Å². The van der Waals surface area contributed by atoms with E-state index < -0.39 is 11.7 Å². The van der Waals surface area contributed by atoms with Crippen molar-refractivity contribution in [1.29, 1.82) is 0 Å². The van der Waals surface area contributed by atoms with Gasteiger partial charge in [0.15, 0.2) is 5.82 Å². The van der Waals surface area contributed by atoms with E-state index in [-0.39, 0.29) is 18.4 Å². The maximum Gasteiger partial charge on any atom is 0.421 e. The van der Waals surface area contributed by atoms with Gasteiger partial charge in [0.1, 0.15) is 5.56 Å². The van der Waals surface area contributed by atoms with E-state index in [0.29, 0.717) is 11.6 Å². The van der Waals surface area contributed by atoms with E-state index >= 15 is 0 Å². The Labute approximate surface area is 157 Å². The van der Waals surface area contributed by atoms with Crippen molar-refractivity contribution in [2.75, 3.05) is 18.6 Å². The monoisotopic (exact) mass is 379 g/mol. The average Bonchev–Trinajstić information content (AvgIpc) is 2.67. The first-order valence-corrected chi connectivity index (χ1v) is 9.31. The van der Waals surface area contributed by atoms with Crippen LogP contribution in [0.1, 0.15) is 56.1 Å². The highest BCUT2D eigenvalue weighted by Crippen LogP contribution is 2.39. The first-order valence-electron chi connectivity index (χ1n) is 9.31. The summed E-state index contributed by atoms with van der Waals surface area (Å²) < 4.78 is 45.6. The number of hydrogen-bond donors (Lipinski definition) is 0. The number of nitrogens with zero attached hydrogens (tertiary/aromatic N) is 3. The van der Waals surface area contributed by atoms with Crippen molar-refractivity contribution in [3.63, 3.8) is 0 Å². The van der Waals surface area contributed by atoms with E-state index in [1.807, 2.05) is 12.1 Å². The Kier molecular flexibility index (Phi) is 5.87. The molecule has 1 aliphatic carbocycles. The summed E-state index contributed by atoms with van der Waals surface area (Å²) in [5.74, 6) is 0.264. The Hall–Kier alpha value is -2.31. The molecule has 0 N–H and O–H groups in total. The first-order chi connectivity index (χ1) is 12.9. The molecule has 146 valence electrons. The number of halogens is 3. The minimum Gasteiger partial charge on any atom is -0.464 e. The summed E-state index contributed by atoms with van der Waals surface area (Å²) in [6, 6.07) is 7.67. The molecule has 1 aromatic carbocycles. The molecule has 0 saturated heterocycles. The van der Waals surface area contributed by atoms with Crippen molar-refractivity contribution in [3.8, 4) is 6.01 Å². The Bertz CT molecular complexity index is 773. The Balaban J connectivity index is 1.97. The number of alkyl halides is 3. The average molecular weight is 379 g/mol. The fourth-order valence-corrected chi connectivity index (χ4v) is 3.56. The third-order valence-electron chi connectivity index (χ3n) is 4.98. The topological polar surface area (TPSA) is 38.2 Å². The van der Waals surface area contributed by atoms with Crippen LogP contribution in [0.15, 0.2) is 30.5 Å². The largest absolute Gasteiger partial charge is 0.464 e. The lowest BCUT2D eigenvalue weighted by Crippen LogP contribution is -2.19. The molecule has 1 aromatic heterocycles. The number of benzene rings is 1. The molecule has 1 fully saturated rings. The predicted octanol–water partition coefficient (Wildman–Crippen LogP) is 5.71. The lowest BCUT2D eigenvalue weighted by Gasteiger charge is -2.26. The minimum atomic E-state index is -4.55. The fraction of sp³-hybridized carbons (Fsp3) is 0.500. The third-order valence-corrected chi connectivity index (χ3v) is 4.98. The molecule has 4 nitrogen and oxygen atoms in total. The number of anilines is 2. The lowest BCUT2D eigenvalue weighted by molar-refractivity contribution is -0.137. The second-order valence-electron chi connectivity index (χ2n) is 6.81. The van der Waals surface area contributed by atoms with Gasteiger partial charge in [-0.15, -0.1) is 0 Å². The van der Waals surface area contributed by atoms with Crippen LogP contribution in [0.4, 0.5) is 24.7 Å². The molecule has 7 heteroatoms. The van der Waals surface area contributed by atoms with Crippen LogP contribution in [0.2, 0.25) is 0 Å². The zero-order valence-corrected chi connectivity index (χ0v) is 15.6. The van der Waals surface area contributed by atoms with E-state index in [1.165, 1.54) is 29.7 Å². The molecule has 1 aliphatic rings. The van der Waals surface area contributed by atoms with Gasteiger partial charge in [-0.1, -0.05) is 31.4 Å². The van der Waals surface area contributed by atoms with Gasteiger partial charge in [0.25, 0.3) is 0 Å². The molecule has 0 unspecified atom stereocenters. The standard InChI is InChI=1S/C20H24F3N3O/c1-3-27-19-24-13-17(20(21,22)23)18(25-19)26(2)16-11-7-10-15(12-16)14-8-5-4-6-9-14/h7,10-14H,3-6,8-9H2,1-2H3. The van der Waals surface area contributed by atoms with Crippen molar-refractivity contribution in [3.05, 3.63) is 41.6 Å². The smallest absolute Gasteiger partial charge is 0.421 e. The van der Waals surface area contributed by atoms with Crippen molar-refractivity contribution >= 4 is 11.5 Å². The second-order valence-corrected chi connectivity index (χ2v) is 6.81. The minimum absolute atomic E-state index is 0.0595. The van der Waals surface area contributed by atoms with Crippen molar-refractivity contribution < 1.29 is 17.9 Å². The molecule has 0 atom stereocenters. The molecule has 0 amide bonds. The zero-order valence-electron chi connectivity index (χ0n) is 15.6. The molecule has 1 heterocycles. The van der Waals surface area contributed by atoms with Crippen LogP contribution >= 0.6 is 0 Å². The molecular formula is C20H24F3N3O. The Morgan fingerprint density at radius 1 is 1.19 bits per heavy atom. The van der Waals surface area contributed by atoms with Crippen LogP contribution < -0.4 is 9.64 Å². The zero-order chi connectivity index (χ0) is 19.4. The van der Waals surface area contributed by atoms with E-state index in [9.17, 15) is 13.2 Å². The maximum atomic E-state index is 13.5. The molecule has 2 aromatic rings. The third kappa shape index (κ3) is 4.51. The summed E-state index contributed by atoms with van der Waals surface area (Å²) in [5, 5.41) is 0. The molecule has 0 spiro atoms. The lowest BCUT2D eigenvalue weighted by atomic mass is 9.84. The van der Waals surface area contributed by atoms with Gasteiger partial charge >= 0.3 is 12.2 Å². The van der Waals surface area contributed by atoms with Gasteiger partial charge in [0.2, 0.25) is 0 Å². The Morgan fingerprint density at radius 3 is 2.59 bits per heavy atom. The molecule has 0 bridgehead atoms. The highest BCUT2D eigenvalue weighted by molar-refractivity contribution is 5.63. The Morgan fingerprint density at radius 2 is 1.93 bits per heavy atom. The van der Waals surface area contributed by atoms with Gasteiger partial charge in [-0.05, 0) is 43.4 Å². The summed E-state index contributed by atoms with van der Waals surface area (Å²) in [4.78, 5) is 9.16. The van der Waals surface area contributed by atoms with Crippen molar-refractivity contribution in [2.24, 2.45) is 0 Å². The number of rotatable bonds is 5. The molecule has 0 radical (unpaired) electrons. The van der Waals surface area contributed by atoms with Gasteiger partial charge in [0.05, 0.1) is 6.61 Å². The van der Waals surface area contributed by atoms with Crippen LogP contribution in [-0.4, -0.2) is 23.6 Å². The highest BCUT2D eigenvalue weighted by Gasteiger charge is 2.36. The van der Waals surface area contributed by atoms with E-state index in [1.54, 1.807) is 20.0 Å². The van der Waals surface area contributed by atoms with E-state index in [4.69, 9.17) is 4.74 Å². The molecule has 0 aliphatic heterocycles. The van der Waals surface area contributed by atoms with Gasteiger partial charge in [-0.2, -0.15) is 18.2 Å². The first kappa shape index (κ1) is 19.5. The maximum absolute atomic E-state index is 13.5. The normalized spacial score (nSPS) is 15.6. The molecular weight excluding hydrogens is 355 g/mol. The number of hydrogen-bond acceptors (Lipinski definition) is 4. The second kappa shape index (κ2) is 8.15. The van der Waals surface area contributed by atoms with Crippen molar-refractivity contribution in [2.45, 2.75) is 51.1 Å². The SMILES string of the molecule is CCOc1ncc(C(F)(F)F)c(N(C)c2cccc(C3CCCCC3)c2)n1. The summed E-state index contributed by atoms with van der Waals surface area (Å²) in [6.45, 7) is 2.02. The van der Waals surface area contributed by atoms with Gasteiger partial charge in [-0.3, -0.25) is 0 Å². The van der Waals surface area contributed by atoms with Crippen LogP contribution in [0.3, 0.4) is 0 Å². The van der Waals surface area contributed by atoms with Crippen LogP contribution in [0, 0.1) is 0 Å². The summed E-state index contributed by atoms with van der Waals surface area (Å²) >= 11 is 0. The predicted molar refractivity (Wildman–Crippen MR) is 98.5 cm³/mol. The summed E-state index contributed by atoms with van der Waals surface area (Å²) in [7, 11) is 1.59. The van der Waals surface area contributed by atoms with Crippen LogP contribution in [0.5, 0.6) is 6.01 Å². The number of aromatic nitrogens is 2. The molecule has 1 saturated carbocycles. The van der Waals surface area contributed by atoms with Gasteiger partial charge in [0, 0.05) is 18.9 Å². The van der Waals surface area contributed by atoms with Gasteiger partial charge < -0.3 is 9.64 Å². The summed E-state index contributed by atoms with van der Waals surface area (Å²) in [5.41, 5.74) is 0.966. The van der Waals surface area contributed by atoms with E-state index in [2.05, 4.69) is 16.0 Å². The van der Waals surface area contributed by atoms with Gasteiger partial charge in [-0.25, -0.2) is 4.98 Å². The molecule has 27 heavy (non-hydrogen) atoms. The quantitative estimate of drug-likeness (QED) is 0.667. The van der Waals surface area contributed by atoms with E-state index in [0.717, 1.165) is 19.0 Å². The fourth-order valence-electron chi connectivity index (χ4n) is 3.56. The summed E-state index contributed by atoms with van der Waals surface area (Å²) in [6.07, 6.45) is 2.15. The van der Waals surface area contributed by atoms with Crippen molar-refractivity contribution in [1.82, 2.24) is 9.97 Å². The number of ether oxygens (including phenoxy) is 1. The van der Waals surface area contributed by atoms with Crippen LogP contribution in [0.25, 0.3) is 0 Å².